The van der Waals surface area contributed by atoms with Gasteiger partial charge in [-0.1, -0.05) is 11.6 Å². The lowest BCUT2D eigenvalue weighted by molar-refractivity contribution is 0.339. The topological polar surface area (TPSA) is 49.9 Å². The van der Waals surface area contributed by atoms with Crippen LogP contribution in [-0.2, 0) is 6.54 Å². The van der Waals surface area contributed by atoms with E-state index in [9.17, 15) is 0 Å². The highest BCUT2D eigenvalue weighted by molar-refractivity contribution is 9.10. The molecule has 0 fully saturated rings. The second-order valence-corrected chi connectivity index (χ2v) is 5.36. The van der Waals surface area contributed by atoms with Gasteiger partial charge >= 0.3 is 0 Å². The quantitative estimate of drug-likeness (QED) is 0.857. The maximum atomic E-state index is 6.07. The summed E-state index contributed by atoms with van der Waals surface area (Å²) in [6.07, 6.45) is 1.81. The molecule has 0 atom stereocenters. The fourth-order valence-corrected chi connectivity index (χ4v) is 2.65. The molecule has 0 amide bonds. The van der Waals surface area contributed by atoms with Crippen molar-refractivity contribution in [3.63, 3.8) is 0 Å². The van der Waals surface area contributed by atoms with Crippen molar-refractivity contribution in [3.05, 3.63) is 39.1 Å². The summed E-state index contributed by atoms with van der Waals surface area (Å²) in [5, 5.41) is 10.9. The summed E-state index contributed by atoms with van der Waals surface area (Å²) in [5.74, 6) is 0.771. The van der Waals surface area contributed by atoms with E-state index in [1.807, 2.05) is 32.2 Å². The van der Waals surface area contributed by atoms with Crippen molar-refractivity contribution in [3.8, 4) is 5.75 Å². The number of aromatic nitrogens is 2. The highest BCUT2D eigenvalue weighted by Crippen LogP contribution is 2.36. The van der Waals surface area contributed by atoms with E-state index in [1.54, 1.807) is 0 Å². The van der Waals surface area contributed by atoms with Crippen molar-refractivity contribution in [2.45, 2.75) is 20.4 Å². The number of aromatic amines is 1. The predicted octanol–water partition coefficient (Wildman–Crippen LogP) is 4.14. The fraction of sp³-hybridized carbons (Fsp3) is 0.308. The van der Waals surface area contributed by atoms with Crippen LogP contribution in [-0.4, -0.2) is 16.8 Å². The summed E-state index contributed by atoms with van der Waals surface area (Å²) in [7, 11) is 0. The third-order valence-corrected chi connectivity index (χ3v) is 3.51. The highest BCUT2D eigenvalue weighted by Gasteiger charge is 2.10. The summed E-state index contributed by atoms with van der Waals surface area (Å²) >= 11 is 9.53. The van der Waals surface area contributed by atoms with Gasteiger partial charge in [-0.05, 0) is 41.9 Å². The van der Waals surface area contributed by atoms with Gasteiger partial charge in [-0.3, -0.25) is 5.10 Å². The van der Waals surface area contributed by atoms with E-state index in [-0.39, 0.29) is 0 Å². The number of nitrogens with zero attached hydrogens (tertiary/aromatic N) is 1. The van der Waals surface area contributed by atoms with Crippen molar-refractivity contribution < 1.29 is 4.74 Å². The second-order valence-electron chi connectivity index (χ2n) is 4.07. The van der Waals surface area contributed by atoms with Gasteiger partial charge in [0.2, 0.25) is 0 Å². The van der Waals surface area contributed by atoms with Crippen LogP contribution in [0.1, 0.15) is 18.2 Å². The molecule has 0 saturated carbocycles. The molecule has 0 spiro atoms. The first-order valence-corrected chi connectivity index (χ1v) is 7.13. The van der Waals surface area contributed by atoms with Gasteiger partial charge in [0.15, 0.2) is 5.75 Å². The first-order chi connectivity index (χ1) is 9.11. The number of ether oxygens (including phenoxy) is 1. The molecule has 2 N–H and O–H groups in total. The number of rotatable bonds is 5. The first kappa shape index (κ1) is 14.2. The third-order valence-electron chi connectivity index (χ3n) is 2.70. The minimum Gasteiger partial charge on any atom is -0.491 e. The molecule has 1 heterocycles. The van der Waals surface area contributed by atoms with E-state index in [0.29, 0.717) is 18.2 Å². The lowest BCUT2D eigenvalue weighted by Crippen LogP contribution is -2.03. The Labute approximate surface area is 125 Å². The Kier molecular flexibility index (Phi) is 4.71. The minimum atomic E-state index is 0.597. The molecular weight excluding hydrogens is 330 g/mol. The molecule has 0 saturated heterocycles. The average Bonchev–Trinajstić information content (AvgIpc) is 2.76. The van der Waals surface area contributed by atoms with Crippen LogP contribution in [0, 0.1) is 6.92 Å². The van der Waals surface area contributed by atoms with Gasteiger partial charge in [0, 0.05) is 22.8 Å². The van der Waals surface area contributed by atoms with Crippen LogP contribution in [0.25, 0.3) is 0 Å². The number of hydrogen-bond acceptors (Lipinski definition) is 3. The van der Waals surface area contributed by atoms with Crippen molar-refractivity contribution in [1.29, 1.82) is 0 Å². The van der Waals surface area contributed by atoms with Gasteiger partial charge in [0.1, 0.15) is 0 Å². The van der Waals surface area contributed by atoms with Crippen LogP contribution in [0.2, 0.25) is 5.02 Å². The van der Waals surface area contributed by atoms with Crippen LogP contribution in [0.15, 0.2) is 22.8 Å². The van der Waals surface area contributed by atoms with Crippen LogP contribution in [0.4, 0.5) is 5.69 Å². The van der Waals surface area contributed by atoms with Crippen LogP contribution >= 0.6 is 27.5 Å². The Hall–Kier alpha value is -1.20. The minimum absolute atomic E-state index is 0.597. The highest BCUT2D eigenvalue weighted by atomic mass is 79.9. The van der Waals surface area contributed by atoms with E-state index < -0.39 is 0 Å². The van der Waals surface area contributed by atoms with E-state index >= 15 is 0 Å². The van der Waals surface area contributed by atoms with E-state index in [4.69, 9.17) is 16.3 Å². The van der Waals surface area contributed by atoms with Crippen molar-refractivity contribution in [1.82, 2.24) is 10.2 Å². The number of hydrogen-bond donors (Lipinski definition) is 2. The number of H-pyrrole nitrogens is 1. The molecule has 1 aromatic carbocycles. The summed E-state index contributed by atoms with van der Waals surface area (Å²) in [6.45, 7) is 5.20. The van der Waals surface area contributed by atoms with Gasteiger partial charge in [-0.15, -0.1) is 0 Å². The number of anilines is 1. The van der Waals surface area contributed by atoms with Gasteiger partial charge < -0.3 is 10.1 Å². The number of nitrogens with one attached hydrogen (secondary N) is 2. The molecule has 19 heavy (non-hydrogen) atoms. The predicted molar refractivity (Wildman–Crippen MR) is 81.0 cm³/mol. The normalized spacial score (nSPS) is 10.5. The standard InChI is InChI=1S/C13H15BrClN3O/c1-3-19-13-11(14)4-10(15)5-12(13)16-6-9-7-17-18-8(9)2/h4-5,7,16H,3,6H2,1-2H3,(H,17,18). The molecule has 1 aromatic heterocycles. The zero-order valence-electron chi connectivity index (χ0n) is 10.8. The van der Waals surface area contributed by atoms with Crippen LogP contribution in [0.5, 0.6) is 5.75 Å². The molecule has 0 radical (unpaired) electrons. The number of halogens is 2. The molecule has 0 aliphatic rings. The summed E-state index contributed by atoms with van der Waals surface area (Å²) in [5.41, 5.74) is 3.02. The molecule has 0 unspecified atom stereocenters. The van der Waals surface area contributed by atoms with E-state index in [2.05, 4.69) is 31.4 Å². The third kappa shape index (κ3) is 3.42. The summed E-state index contributed by atoms with van der Waals surface area (Å²) in [6, 6.07) is 3.67. The monoisotopic (exact) mass is 343 g/mol. The van der Waals surface area contributed by atoms with Crippen LogP contribution in [0.3, 0.4) is 0 Å². The maximum absolute atomic E-state index is 6.07. The molecular formula is C13H15BrClN3O. The van der Waals surface area contributed by atoms with Gasteiger partial charge in [-0.2, -0.15) is 5.10 Å². The Morgan fingerprint density at radius 3 is 2.89 bits per heavy atom. The smallest absolute Gasteiger partial charge is 0.156 e. The second kappa shape index (κ2) is 6.30. The summed E-state index contributed by atoms with van der Waals surface area (Å²) < 4.78 is 6.47. The Bertz CT molecular complexity index is 571. The Morgan fingerprint density at radius 2 is 2.26 bits per heavy atom. The lowest BCUT2D eigenvalue weighted by atomic mass is 10.2. The van der Waals surface area contributed by atoms with Gasteiger partial charge in [-0.25, -0.2) is 0 Å². The van der Waals surface area contributed by atoms with Gasteiger partial charge in [0.05, 0.1) is 23.0 Å². The maximum Gasteiger partial charge on any atom is 0.156 e. The zero-order valence-corrected chi connectivity index (χ0v) is 13.1. The molecule has 6 heteroatoms. The zero-order chi connectivity index (χ0) is 13.8. The molecule has 102 valence electrons. The Balaban J connectivity index is 2.21. The number of aryl methyl sites for hydroxylation is 1. The van der Waals surface area contributed by atoms with Crippen molar-refractivity contribution in [2.75, 3.05) is 11.9 Å². The number of benzene rings is 1. The SMILES string of the molecule is CCOc1c(Br)cc(Cl)cc1NCc1cn[nH]c1C. The van der Waals surface area contributed by atoms with E-state index in [0.717, 1.165) is 27.2 Å². The van der Waals surface area contributed by atoms with Crippen LogP contribution < -0.4 is 10.1 Å². The average molecular weight is 345 g/mol. The molecule has 0 aliphatic heterocycles. The first-order valence-electron chi connectivity index (χ1n) is 5.96. The van der Waals surface area contributed by atoms with E-state index in [1.165, 1.54) is 0 Å². The fourth-order valence-electron chi connectivity index (χ4n) is 1.73. The van der Waals surface area contributed by atoms with Crippen molar-refractivity contribution in [2.24, 2.45) is 0 Å². The van der Waals surface area contributed by atoms with Crippen molar-refractivity contribution >= 4 is 33.2 Å². The molecule has 4 nitrogen and oxygen atoms in total. The molecule has 2 rings (SSSR count). The largest absolute Gasteiger partial charge is 0.491 e. The molecule has 0 aliphatic carbocycles. The summed E-state index contributed by atoms with van der Waals surface area (Å²) in [4.78, 5) is 0. The Morgan fingerprint density at radius 1 is 1.47 bits per heavy atom. The molecule has 2 aromatic rings. The van der Waals surface area contributed by atoms with Gasteiger partial charge in [0.25, 0.3) is 0 Å². The molecule has 0 bridgehead atoms. The lowest BCUT2D eigenvalue weighted by Gasteiger charge is -2.14.